The molecule has 0 saturated heterocycles. The van der Waals surface area contributed by atoms with Crippen molar-refractivity contribution in [2.75, 3.05) is 6.61 Å². The van der Waals surface area contributed by atoms with E-state index < -0.39 is 5.38 Å². The smallest absolute Gasteiger partial charge is 0.328 e. The molecule has 100 valence electrons. The Kier molecular flexibility index (Phi) is 5.60. The highest BCUT2D eigenvalue weighted by atomic mass is 35.5. The number of pyridine rings is 1. The quantitative estimate of drug-likeness (QED) is 0.616. The van der Waals surface area contributed by atoms with Crippen LogP contribution in [-0.2, 0) is 9.53 Å². The molecule has 0 aliphatic heterocycles. The highest BCUT2D eigenvalue weighted by molar-refractivity contribution is 6.30. The lowest BCUT2D eigenvalue weighted by Crippen LogP contribution is -2.18. The number of halogens is 1. The van der Waals surface area contributed by atoms with E-state index in [0.717, 1.165) is 24.1 Å². The van der Waals surface area contributed by atoms with Crippen molar-refractivity contribution in [1.82, 2.24) is 4.98 Å². The fourth-order valence-corrected chi connectivity index (χ4v) is 2.26. The van der Waals surface area contributed by atoms with Crippen molar-refractivity contribution >= 4 is 17.6 Å². The van der Waals surface area contributed by atoms with Gasteiger partial charge in [0.15, 0.2) is 5.38 Å². The van der Waals surface area contributed by atoms with Gasteiger partial charge in [-0.1, -0.05) is 19.9 Å². The van der Waals surface area contributed by atoms with Gasteiger partial charge < -0.3 is 4.74 Å². The number of rotatable bonds is 4. The van der Waals surface area contributed by atoms with Gasteiger partial charge in [0, 0.05) is 23.4 Å². The Labute approximate surface area is 114 Å². The minimum Gasteiger partial charge on any atom is -0.465 e. The number of esters is 1. The van der Waals surface area contributed by atoms with Crippen LogP contribution in [0.15, 0.2) is 18.3 Å². The van der Waals surface area contributed by atoms with Crippen molar-refractivity contribution in [2.24, 2.45) is 0 Å². The minimum absolute atomic E-state index is 0. The topological polar surface area (TPSA) is 39.2 Å². The molecule has 1 aromatic heterocycles. The lowest BCUT2D eigenvalue weighted by molar-refractivity contribution is -0.142. The zero-order valence-corrected chi connectivity index (χ0v) is 10.6. The van der Waals surface area contributed by atoms with Gasteiger partial charge in [-0.15, -0.1) is 11.6 Å². The third kappa shape index (κ3) is 3.02. The summed E-state index contributed by atoms with van der Waals surface area (Å²) in [6, 6.07) is 3.68. The number of hydrogen-bond acceptors (Lipinski definition) is 3. The van der Waals surface area contributed by atoms with Crippen molar-refractivity contribution in [3.63, 3.8) is 0 Å². The van der Waals surface area contributed by atoms with Crippen molar-refractivity contribution in [2.45, 2.75) is 44.9 Å². The number of nitrogens with zero attached hydrogens (tertiary/aromatic N) is 1. The fraction of sp³-hybridized carbons (Fsp3) is 0.571. The Morgan fingerprint density at radius 1 is 1.61 bits per heavy atom. The predicted octanol–water partition coefficient (Wildman–Crippen LogP) is 3.83. The molecule has 1 fully saturated rings. The van der Waals surface area contributed by atoms with E-state index in [9.17, 15) is 4.79 Å². The Morgan fingerprint density at radius 2 is 2.33 bits per heavy atom. The molecule has 0 amide bonds. The zero-order chi connectivity index (χ0) is 12.3. The molecule has 2 rings (SSSR count). The molecule has 18 heavy (non-hydrogen) atoms. The number of hydrogen-bond donors (Lipinski definition) is 0. The van der Waals surface area contributed by atoms with E-state index in [-0.39, 0.29) is 13.4 Å². The molecule has 1 aromatic rings. The first-order valence-corrected chi connectivity index (χ1v) is 6.43. The van der Waals surface area contributed by atoms with E-state index >= 15 is 0 Å². The van der Waals surface area contributed by atoms with Crippen LogP contribution in [0.25, 0.3) is 0 Å². The summed E-state index contributed by atoms with van der Waals surface area (Å²) in [4.78, 5) is 16.0. The molecular weight excluding hydrogens is 250 g/mol. The van der Waals surface area contributed by atoms with Gasteiger partial charge in [0.2, 0.25) is 0 Å². The standard InChI is InChI=1S/C13H16ClNO2.CH4/c1-2-17-13(16)11(14)10-7-4-8-15-12(10)9-5-3-6-9;/h4,7-9,11H,2-3,5-6H2,1H3;1H4. The maximum atomic E-state index is 11.6. The van der Waals surface area contributed by atoms with Gasteiger partial charge in [0.05, 0.1) is 6.61 Å². The lowest BCUT2D eigenvalue weighted by Gasteiger charge is -2.27. The molecule has 0 bridgehead atoms. The molecule has 1 aliphatic carbocycles. The van der Waals surface area contributed by atoms with Crippen molar-refractivity contribution in [1.29, 1.82) is 0 Å². The van der Waals surface area contributed by atoms with E-state index in [1.165, 1.54) is 6.42 Å². The fourth-order valence-electron chi connectivity index (χ4n) is 2.01. The third-order valence-electron chi connectivity index (χ3n) is 3.13. The molecule has 1 saturated carbocycles. The van der Waals surface area contributed by atoms with Crippen LogP contribution in [0.2, 0.25) is 0 Å². The summed E-state index contributed by atoms with van der Waals surface area (Å²) in [7, 11) is 0. The summed E-state index contributed by atoms with van der Waals surface area (Å²) in [6.07, 6.45) is 5.26. The average Bonchev–Trinajstić information content (AvgIpc) is 2.27. The molecule has 1 atom stereocenters. The first-order chi connectivity index (χ1) is 8.24. The van der Waals surface area contributed by atoms with Gasteiger partial charge in [-0.25, -0.2) is 0 Å². The van der Waals surface area contributed by atoms with Gasteiger partial charge in [-0.2, -0.15) is 0 Å². The second-order valence-corrected chi connectivity index (χ2v) is 4.66. The molecule has 0 aromatic carbocycles. The second-order valence-electron chi connectivity index (χ2n) is 4.22. The Balaban J connectivity index is 0.00000162. The molecule has 4 heteroatoms. The van der Waals surface area contributed by atoms with Gasteiger partial charge in [0.1, 0.15) is 0 Å². The summed E-state index contributed by atoms with van der Waals surface area (Å²) < 4.78 is 4.95. The number of carbonyl (C=O) groups excluding carboxylic acids is 1. The highest BCUT2D eigenvalue weighted by Crippen LogP contribution is 2.39. The summed E-state index contributed by atoms with van der Waals surface area (Å²) in [5, 5.41) is -0.737. The van der Waals surface area contributed by atoms with Crippen molar-refractivity contribution in [3.05, 3.63) is 29.6 Å². The molecule has 1 aliphatic rings. The van der Waals surface area contributed by atoms with E-state index in [0.29, 0.717) is 12.5 Å². The highest BCUT2D eigenvalue weighted by Gasteiger charge is 2.28. The lowest BCUT2D eigenvalue weighted by atomic mass is 9.80. The first kappa shape index (κ1) is 15.0. The number of aromatic nitrogens is 1. The largest absolute Gasteiger partial charge is 0.465 e. The Hall–Kier alpha value is -1.09. The zero-order valence-electron chi connectivity index (χ0n) is 9.86. The SMILES string of the molecule is C.CCOC(=O)C(Cl)c1cccnc1C1CCC1. The molecule has 0 spiro atoms. The third-order valence-corrected chi connectivity index (χ3v) is 3.54. The van der Waals surface area contributed by atoms with Crippen LogP contribution in [-0.4, -0.2) is 17.6 Å². The van der Waals surface area contributed by atoms with Gasteiger partial charge in [-0.3, -0.25) is 9.78 Å². The van der Waals surface area contributed by atoms with Crippen LogP contribution in [0.3, 0.4) is 0 Å². The summed E-state index contributed by atoms with van der Waals surface area (Å²) >= 11 is 6.15. The Bertz CT molecular complexity index is 405. The van der Waals surface area contributed by atoms with Crippen LogP contribution in [0.4, 0.5) is 0 Å². The Morgan fingerprint density at radius 3 is 2.89 bits per heavy atom. The maximum absolute atomic E-state index is 11.6. The van der Waals surface area contributed by atoms with Gasteiger partial charge in [-0.05, 0) is 25.8 Å². The molecule has 0 radical (unpaired) electrons. The van der Waals surface area contributed by atoms with Crippen molar-refractivity contribution in [3.8, 4) is 0 Å². The van der Waals surface area contributed by atoms with E-state index in [1.54, 1.807) is 13.1 Å². The second kappa shape index (κ2) is 6.74. The summed E-state index contributed by atoms with van der Waals surface area (Å²) in [5.41, 5.74) is 1.77. The van der Waals surface area contributed by atoms with Crippen LogP contribution in [0.1, 0.15) is 56.2 Å². The van der Waals surface area contributed by atoms with Crippen molar-refractivity contribution < 1.29 is 9.53 Å². The molecule has 1 heterocycles. The van der Waals surface area contributed by atoms with Gasteiger partial charge >= 0.3 is 5.97 Å². The monoisotopic (exact) mass is 269 g/mol. The number of ether oxygens (including phenoxy) is 1. The molecular formula is C14H20ClNO2. The predicted molar refractivity (Wildman–Crippen MR) is 72.8 cm³/mol. The number of carbonyl (C=O) groups is 1. The van der Waals surface area contributed by atoms with Crippen LogP contribution >= 0.6 is 11.6 Å². The maximum Gasteiger partial charge on any atom is 0.328 e. The minimum atomic E-state index is -0.737. The van der Waals surface area contributed by atoms with Crippen LogP contribution in [0.5, 0.6) is 0 Å². The van der Waals surface area contributed by atoms with E-state index in [2.05, 4.69) is 4.98 Å². The normalized spacial score (nSPS) is 16.3. The number of alkyl halides is 1. The van der Waals surface area contributed by atoms with E-state index in [4.69, 9.17) is 16.3 Å². The van der Waals surface area contributed by atoms with E-state index in [1.807, 2.05) is 12.1 Å². The molecule has 0 N–H and O–H groups in total. The van der Waals surface area contributed by atoms with Crippen LogP contribution in [0, 0.1) is 0 Å². The molecule has 3 nitrogen and oxygen atoms in total. The molecule has 1 unspecified atom stereocenters. The first-order valence-electron chi connectivity index (χ1n) is 5.99. The summed E-state index contributed by atoms with van der Waals surface area (Å²) in [5.74, 6) is 0.0737. The summed E-state index contributed by atoms with van der Waals surface area (Å²) in [6.45, 7) is 2.12. The van der Waals surface area contributed by atoms with Crippen LogP contribution < -0.4 is 0 Å². The van der Waals surface area contributed by atoms with Gasteiger partial charge in [0.25, 0.3) is 0 Å². The average molecular weight is 270 g/mol.